The molecule has 2 aromatic heterocycles. The number of fused-ring (bicyclic) bond motifs is 1. The number of hydrogen-bond donors (Lipinski definition) is 0. The Bertz CT molecular complexity index is 627. The van der Waals surface area contributed by atoms with Gasteiger partial charge in [-0.3, -0.25) is 4.98 Å². The Balaban J connectivity index is 2.20. The minimum absolute atomic E-state index is 0.823. The van der Waals surface area contributed by atoms with E-state index in [-0.39, 0.29) is 0 Å². The van der Waals surface area contributed by atoms with E-state index in [2.05, 4.69) is 9.97 Å². The van der Waals surface area contributed by atoms with Crippen molar-refractivity contribution < 1.29 is 4.74 Å². The molecule has 0 saturated carbocycles. The zero-order chi connectivity index (χ0) is 11.7. The summed E-state index contributed by atoms with van der Waals surface area (Å²) in [6.07, 6.45) is 7.32. The van der Waals surface area contributed by atoms with E-state index in [1.54, 1.807) is 19.5 Å². The number of aromatic nitrogens is 3. The van der Waals surface area contributed by atoms with Gasteiger partial charge in [0.1, 0.15) is 5.75 Å². The maximum atomic E-state index is 5.33. The van der Waals surface area contributed by atoms with E-state index >= 15 is 0 Å². The summed E-state index contributed by atoms with van der Waals surface area (Å²) < 4.78 is 7.27. The molecule has 0 N–H and O–H groups in total. The molecule has 0 saturated heterocycles. The second kappa shape index (κ2) is 3.90. The SMILES string of the molecule is COc1ccccc1-c1cn2ccncc2n1. The van der Waals surface area contributed by atoms with Crippen molar-refractivity contribution in [2.75, 3.05) is 7.11 Å². The molecule has 0 spiro atoms. The van der Waals surface area contributed by atoms with Gasteiger partial charge in [0, 0.05) is 24.2 Å². The van der Waals surface area contributed by atoms with Crippen LogP contribution >= 0.6 is 0 Å². The monoisotopic (exact) mass is 225 g/mol. The van der Waals surface area contributed by atoms with Crippen LogP contribution in [0, 0.1) is 0 Å². The molecule has 4 nitrogen and oxygen atoms in total. The highest BCUT2D eigenvalue weighted by Crippen LogP contribution is 2.28. The second-order valence-electron chi connectivity index (χ2n) is 3.67. The molecule has 3 rings (SSSR count). The number of hydrogen-bond acceptors (Lipinski definition) is 3. The van der Waals surface area contributed by atoms with Crippen molar-refractivity contribution in [2.45, 2.75) is 0 Å². The third kappa shape index (κ3) is 1.63. The maximum Gasteiger partial charge on any atom is 0.155 e. The molecule has 0 aliphatic carbocycles. The molecule has 17 heavy (non-hydrogen) atoms. The fourth-order valence-electron chi connectivity index (χ4n) is 1.83. The number of methoxy groups -OCH3 is 1. The van der Waals surface area contributed by atoms with Crippen LogP contribution in [-0.4, -0.2) is 21.5 Å². The highest BCUT2D eigenvalue weighted by molar-refractivity contribution is 5.68. The Morgan fingerprint density at radius 2 is 2.12 bits per heavy atom. The van der Waals surface area contributed by atoms with Gasteiger partial charge in [0.15, 0.2) is 5.65 Å². The predicted molar refractivity (Wildman–Crippen MR) is 65.0 cm³/mol. The first kappa shape index (κ1) is 9.84. The lowest BCUT2D eigenvalue weighted by atomic mass is 10.1. The molecule has 1 aromatic carbocycles. The first-order valence-electron chi connectivity index (χ1n) is 5.30. The molecule has 0 amide bonds. The first-order valence-corrected chi connectivity index (χ1v) is 5.30. The molecule has 0 fully saturated rings. The minimum atomic E-state index is 0.823. The largest absolute Gasteiger partial charge is 0.496 e. The lowest BCUT2D eigenvalue weighted by molar-refractivity contribution is 0.416. The molecule has 2 heterocycles. The molecule has 0 bridgehead atoms. The van der Waals surface area contributed by atoms with E-state index < -0.39 is 0 Å². The molecule has 0 unspecified atom stereocenters. The number of ether oxygens (including phenoxy) is 1. The van der Waals surface area contributed by atoms with Crippen LogP contribution in [-0.2, 0) is 0 Å². The summed E-state index contributed by atoms with van der Waals surface area (Å²) in [6.45, 7) is 0. The Kier molecular flexibility index (Phi) is 2.26. The average Bonchev–Trinajstić information content (AvgIpc) is 2.82. The van der Waals surface area contributed by atoms with Gasteiger partial charge in [-0.15, -0.1) is 0 Å². The summed E-state index contributed by atoms with van der Waals surface area (Å²) in [7, 11) is 1.66. The highest BCUT2D eigenvalue weighted by atomic mass is 16.5. The Morgan fingerprint density at radius 1 is 1.24 bits per heavy atom. The summed E-state index contributed by atoms with van der Waals surface area (Å²) in [6, 6.07) is 7.84. The van der Waals surface area contributed by atoms with Gasteiger partial charge in [-0.25, -0.2) is 4.98 Å². The molecule has 4 heteroatoms. The van der Waals surface area contributed by atoms with Gasteiger partial charge in [-0.2, -0.15) is 0 Å². The van der Waals surface area contributed by atoms with Crippen LogP contribution in [0.1, 0.15) is 0 Å². The van der Waals surface area contributed by atoms with Gasteiger partial charge in [-0.05, 0) is 12.1 Å². The molecule has 84 valence electrons. The highest BCUT2D eigenvalue weighted by Gasteiger charge is 2.08. The molecule has 0 aliphatic heterocycles. The fourth-order valence-corrected chi connectivity index (χ4v) is 1.83. The Labute approximate surface area is 98.5 Å². The van der Waals surface area contributed by atoms with Gasteiger partial charge < -0.3 is 9.14 Å². The van der Waals surface area contributed by atoms with Crippen LogP contribution in [0.4, 0.5) is 0 Å². The van der Waals surface area contributed by atoms with Crippen LogP contribution < -0.4 is 4.74 Å². The average molecular weight is 225 g/mol. The van der Waals surface area contributed by atoms with E-state index in [1.165, 1.54) is 0 Å². The van der Waals surface area contributed by atoms with E-state index in [0.29, 0.717) is 0 Å². The van der Waals surface area contributed by atoms with Crippen molar-refractivity contribution in [2.24, 2.45) is 0 Å². The van der Waals surface area contributed by atoms with E-state index in [1.807, 2.05) is 41.1 Å². The molecule has 3 aromatic rings. The van der Waals surface area contributed by atoms with E-state index in [0.717, 1.165) is 22.7 Å². The molecule has 0 radical (unpaired) electrons. The van der Waals surface area contributed by atoms with E-state index in [4.69, 9.17) is 4.74 Å². The van der Waals surface area contributed by atoms with Gasteiger partial charge in [-0.1, -0.05) is 12.1 Å². The quantitative estimate of drug-likeness (QED) is 0.672. The lowest BCUT2D eigenvalue weighted by Crippen LogP contribution is -1.86. The van der Waals surface area contributed by atoms with E-state index in [9.17, 15) is 0 Å². The van der Waals surface area contributed by atoms with Crippen molar-refractivity contribution in [3.63, 3.8) is 0 Å². The number of rotatable bonds is 2. The molecule has 0 aliphatic rings. The number of imidazole rings is 1. The van der Waals surface area contributed by atoms with Crippen molar-refractivity contribution in [3.05, 3.63) is 49.1 Å². The third-order valence-electron chi connectivity index (χ3n) is 2.65. The zero-order valence-electron chi connectivity index (χ0n) is 9.37. The van der Waals surface area contributed by atoms with Crippen molar-refractivity contribution in [3.8, 4) is 17.0 Å². The van der Waals surface area contributed by atoms with Gasteiger partial charge >= 0.3 is 0 Å². The normalized spacial score (nSPS) is 10.6. The van der Waals surface area contributed by atoms with Crippen LogP contribution in [0.3, 0.4) is 0 Å². The standard InChI is InChI=1S/C13H11N3O/c1-17-12-5-3-2-4-10(12)11-9-16-7-6-14-8-13(16)15-11/h2-9H,1H3. The summed E-state index contributed by atoms with van der Waals surface area (Å²) >= 11 is 0. The van der Waals surface area contributed by atoms with Crippen molar-refractivity contribution >= 4 is 5.65 Å². The summed E-state index contributed by atoms with van der Waals surface area (Å²) in [4.78, 5) is 8.56. The molecule has 0 atom stereocenters. The summed E-state index contributed by atoms with van der Waals surface area (Å²) in [5.41, 5.74) is 2.70. The number of nitrogens with zero attached hydrogens (tertiary/aromatic N) is 3. The van der Waals surface area contributed by atoms with Crippen molar-refractivity contribution in [1.29, 1.82) is 0 Å². The lowest BCUT2D eigenvalue weighted by Gasteiger charge is -2.04. The maximum absolute atomic E-state index is 5.33. The van der Waals surface area contributed by atoms with Crippen LogP contribution in [0.25, 0.3) is 16.9 Å². The second-order valence-corrected chi connectivity index (χ2v) is 3.67. The molecular formula is C13H11N3O. The number of benzene rings is 1. The Morgan fingerprint density at radius 3 is 2.94 bits per heavy atom. The fraction of sp³-hybridized carbons (Fsp3) is 0.0769. The zero-order valence-corrected chi connectivity index (χ0v) is 9.37. The van der Waals surface area contributed by atoms with Gasteiger partial charge in [0.25, 0.3) is 0 Å². The topological polar surface area (TPSA) is 39.4 Å². The first-order chi connectivity index (χ1) is 8.38. The third-order valence-corrected chi connectivity index (χ3v) is 2.65. The van der Waals surface area contributed by atoms with Gasteiger partial charge in [0.2, 0.25) is 0 Å². The summed E-state index contributed by atoms with van der Waals surface area (Å²) in [5.74, 6) is 0.823. The minimum Gasteiger partial charge on any atom is -0.496 e. The predicted octanol–water partition coefficient (Wildman–Crippen LogP) is 2.40. The number of para-hydroxylation sites is 1. The molecular weight excluding hydrogens is 214 g/mol. The Hall–Kier alpha value is -2.36. The summed E-state index contributed by atoms with van der Waals surface area (Å²) in [5, 5.41) is 0. The van der Waals surface area contributed by atoms with Crippen molar-refractivity contribution in [1.82, 2.24) is 14.4 Å². The van der Waals surface area contributed by atoms with Gasteiger partial charge in [0.05, 0.1) is 19.0 Å². The van der Waals surface area contributed by atoms with Crippen LogP contribution in [0.15, 0.2) is 49.1 Å². The van der Waals surface area contributed by atoms with Crippen LogP contribution in [0.5, 0.6) is 5.75 Å². The van der Waals surface area contributed by atoms with Crippen LogP contribution in [0.2, 0.25) is 0 Å². The smallest absolute Gasteiger partial charge is 0.155 e.